The van der Waals surface area contributed by atoms with E-state index < -0.39 is 6.10 Å². The number of esters is 3. The molecule has 1 atom stereocenters. The summed E-state index contributed by atoms with van der Waals surface area (Å²) in [7, 11) is 0. The Kier molecular flexibility index (Phi) is 53.8. The number of carbonyl (C=O) groups is 3. The molecule has 0 spiro atoms. The van der Waals surface area contributed by atoms with Gasteiger partial charge in [-0.1, -0.05) is 235 Å². The number of carbonyl (C=O) groups excluding carboxylic acids is 3. The van der Waals surface area contributed by atoms with Gasteiger partial charge in [0.15, 0.2) is 6.10 Å². The Balaban J connectivity index is 4.32. The molecule has 0 radical (unpaired) electrons. The molecule has 0 aliphatic heterocycles. The van der Waals surface area contributed by atoms with E-state index in [0.717, 1.165) is 122 Å². The Bertz CT molecular complexity index is 1270. The second kappa shape index (κ2) is 56.4. The highest BCUT2D eigenvalue weighted by Crippen LogP contribution is 2.15. The number of rotatable bonds is 52. The van der Waals surface area contributed by atoms with Gasteiger partial charge in [0.25, 0.3) is 0 Å². The quantitative estimate of drug-likeness (QED) is 0.0262. The minimum absolute atomic E-state index is 0.0863. The van der Waals surface area contributed by atoms with Crippen LogP contribution < -0.4 is 0 Å². The maximum Gasteiger partial charge on any atom is 0.306 e. The third kappa shape index (κ3) is 53.8. The van der Waals surface area contributed by atoms with E-state index in [0.29, 0.717) is 19.3 Å². The van der Waals surface area contributed by atoms with Crippen LogP contribution in [-0.2, 0) is 28.6 Å². The lowest BCUT2D eigenvalue weighted by molar-refractivity contribution is -0.167. The minimum Gasteiger partial charge on any atom is -0.462 e. The van der Waals surface area contributed by atoms with Crippen molar-refractivity contribution in [2.75, 3.05) is 13.2 Å². The van der Waals surface area contributed by atoms with Gasteiger partial charge >= 0.3 is 17.9 Å². The molecule has 0 N–H and O–H groups in total. The molecule has 0 aliphatic rings. The molecule has 0 amide bonds. The van der Waals surface area contributed by atoms with Gasteiger partial charge in [0.05, 0.1) is 0 Å². The molecule has 68 heavy (non-hydrogen) atoms. The third-order valence-corrected chi connectivity index (χ3v) is 12.4. The second-order valence-electron chi connectivity index (χ2n) is 19.2. The van der Waals surface area contributed by atoms with E-state index in [1.54, 1.807) is 0 Å². The fourth-order valence-corrected chi connectivity index (χ4v) is 8.00. The van der Waals surface area contributed by atoms with Crippen LogP contribution in [0.15, 0.2) is 72.9 Å². The van der Waals surface area contributed by atoms with Crippen molar-refractivity contribution in [2.24, 2.45) is 0 Å². The SMILES string of the molecule is CCC/C=C\C/C=C\CCCCCCCC(=O)OCC(COC(=O)CCCCCCCCCCCCC/C=C\C/C=C\CCCCCCC)OC(=O)CCCCCCC/C=C\C/C=C\CCCC. The summed E-state index contributed by atoms with van der Waals surface area (Å²) in [6.07, 6.45) is 71.8. The number of hydrogen-bond donors (Lipinski definition) is 0. The summed E-state index contributed by atoms with van der Waals surface area (Å²) in [4.78, 5) is 38.1. The summed E-state index contributed by atoms with van der Waals surface area (Å²) in [6, 6.07) is 0. The highest BCUT2D eigenvalue weighted by atomic mass is 16.6. The van der Waals surface area contributed by atoms with Gasteiger partial charge in [0.1, 0.15) is 13.2 Å². The van der Waals surface area contributed by atoms with Gasteiger partial charge < -0.3 is 14.2 Å². The normalized spacial score (nSPS) is 12.6. The summed E-state index contributed by atoms with van der Waals surface area (Å²) in [5, 5.41) is 0. The van der Waals surface area contributed by atoms with E-state index in [9.17, 15) is 14.4 Å². The molecule has 0 aromatic heterocycles. The van der Waals surface area contributed by atoms with E-state index in [1.807, 2.05) is 0 Å². The molecule has 1 unspecified atom stereocenters. The van der Waals surface area contributed by atoms with Gasteiger partial charge in [-0.2, -0.15) is 0 Å². The molecule has 6 heteroatoms. The second-order valence-corrected chi connectivity index (χ2v) is 19.2. The Morgan fingerprint density at radius 2 is 0.574 bits per heavy atom. The highest BCUT2D eigenvalue weighted by molar-refractivity contribution is 5.71. The lowest BCUT2D eigenvalue weighted by Crippen LogP contribution is -2.30. The summed E-state index contributed by atoms with van der Waals surface area (Å²) in [5.41, 5.74) is 0. The first-order chi connectivity index (χ1) is 33.5. The summed E-state index contributed by atoms with van der Waals surface area (Å²) in [5.74, 6) is -0.911. The van der Waals surface area contributed by atoms with Gasteiger partial charge in [0, 0.05) is 19.3 Å². The van der Waals surface area contributed by atoms with E-state index in [2.05, 4.69) is 93.7 Å². The fraction of sp³-hybridized carbons (Fsp3) is 0.758. The van der Waals surface area contributed by atoms with E-state index >= 15 is 0 Å². The molecular weight excluding hydrogens is 841 g/mol. The van der Waals surface area contributed by atoms with Gasteiger partial charge in [-0.05, 0) is 103 Å². The topological polar surface area (TPSA) is 78.9 Å². The predicted octanol–water partition coefficient (Wildman–Crippen LogP) is 19.4. The van der Waals surface area contributed by atoms with Crippen LogP contribution in [0.3, 0.4) is 0 Å². The van der Waals surface area contributed by atoms with Crippen LogP contribution in [0.25, 0.3) is 0 Å². The maximum absolute atomic E-state index is 12.8. The van der Waals surface area contributed by atoms with Gasteiger partial charge in [0.2, 0.25) is 0 Å². The predicted molar refractivity (Wildman–Crippen MR) is 293 cm³/mol. The fourth-order valence-electron chi connectivity index (χ4n) is 8.00. The van der Waals surface area contributed by atoms with E-state index in [1.165, 1.54) is 122 Å². The van der Waals surface area contributed by atoms with Crippen LogP contribution in [0.1, 0.15) is 284 Å². The third-order valence-electron chi connectivity index (χ3n) is 12.4. The standard InChI is InChI=1S/C62H108O6/c1-4-7-10-13-16-19-22-25-27-28-29-30-31-32-33-34-35-38-40-43-46-49-52-55-61(64)67-58-59(57-66-60(63)54-51-48-45-42-39-36-24-21-18-15-12-9-6-3)68-62(65)56-53-50-47-44-41-37-26-23-20-17-14-11-8-5-2/h12,14-15,17,21-26,28-29,59H,4-11,13,16,18-20,27,30-58H2,1-3H3/b15-12-,17-14-,24-21-,25-22-,26-23-,29-28-. The van der Waals surface area contributed by atoms with Crippen molar-refractivity contribution >= 4 is 17.9 Å². The van der Waals surface area contributed by atoms with Crippen molar-refractivity contribution in [3.63, 3.8) is 0 Å². The average Bonchev–Trinajstić information content (AvgIpc) is 3.34. The lowest BCUT2D eigenvalue weighted by atomic mass is 10.0. The molecule has 0 fully saturated rings. The first-order valence-corrected chi connectivity index (χ1v) is 28.9. The smallest absolute Gasteiger partial charge is 0.306 e. The average molecular weight is 950 g/mol. The number of hydrogen-bond acceptors (Lipinski definition) is 6. The molecule has 0 aromatic rings. The number of allylic oxidation sites excluding steroid dienone is 12. The Hall–Kier alpha value is -3.15. The van der Waals surface area contributed by atoms with Crippen LogP contribution >= 0.6 is 0 Å². The Morgan fingerprint density at radius 1 is 0.294 bits per heavy atom. The maximum atomic E-state index is 12.8. The van der Waals surface area contributed by atoms with Gasteiger partial charge in [-0.25, -0.2) is 0 Å². The van der Waals surface area contributed by atoms with Crippen molar-refractivity contribution in [3.05, 3.63) is 72.9 Å². The van der Waals surface area contributed by atoms with Crippen LogP contribution in [0.5, 0.6) is 0 Å². The van der Waals surface area contributed by atoms with Crippen molar-refractivity contribution in [1.29, 1.82) is 0 Å². The minimum atomic E-state index is -0.789. The number of unbranched alkanes of at least 4 members (excludes halogenated alkanes) is 29. The monoisotopic (exact) mass is 949 g/mol. The van der Waals surface area contributed by atoms with Crippen molar-refractivity contribution in [2.45, 2.75) is 290 Å². The zero-order chi connectivity index (χ0) is 49.3. The summed E-state index contributed by atoms with van der Waals surface area (Å²) in [6.45, 7) is 6.51. The first-order valence-electron chi connectivity index (χ1n) is 28.9. The van der Waals surface area contributed by atoms with Gasteiger partial charge in [-0.15, -0.1) is 0 Å². The molecule has 0 saturated carbocycles. The zero-order valence-electron chi connectivity index (χ0n) is 44.9. The van der Waals surface area contributed by atoms with Gasteiger partial charge in [-0.3, -0.25) is 14.4 Å². The first kappa shape index (κ1) is 64.8. The highest BCUT2D eigenvalue weighted by Gasteiger charge is 2.19. The van der Waals surface area contributed by atoms with E-state index in [4.69, 9.17) is 14.2 Å². The number of ether oxygens (including phenoxy) is 3. The molecule has 0 rings (SSSR count). The summed E-state index contributed by atoms with van der Waals surface area (Å²) < 4.78 is 16.8. The van der Waals surface area contributed by atoms with Crippen LogP contribution in [0.2, 0.25) is 0 Å². The molecule has 0 saturated heterocycles. The molecule has 0 aliphatic carbocycles. The van der Waals surface area contributed by atoms with E-state index in [-0.39, 0.29) is 31.1 Å². The molecule has 0 bridgehead atoms. The molecule has 392 valence electrons. The van der Waals surface area contributed by atoms with Crippen molar-refractivity contribution < 1.29 is 28.6 Å². The van der Waals surface area contributed by atoms with Crippen LogP contribution in [0, 0.1) is 0 Å². The zero-order valence-corrected chi connectivity index (χ0v) is 44.9. The van der Waals surface area contributed by atoms with Crippen molar-refractivity contribution in [1.82, 2.24) is 0 Å². The largest absolute Gasteiger partial charge is 0.462 e. The summed E-state index contributed by atoms with van der Waals surface area (Å²) >= 11 is 0. The Morgan fingerprint density at radius 3 is 0.912 bits per heavy atom. The Labute approximate surface area is 421 Å². The molecule has 0 aromatic carbocycles. The van der Waals surface area contributed by atoms with Crippen molar-refractivity contribution in [3.8, 4) is 0 Å². The molecule has 0 heterocycles. The molecule has 6 nitrogen and oxygen atoms in total. The lowest BCUT2D eigenvalue weighted by Gasteiger charge is -2.18. The van der Waals surface area contributed by atoms with Crippen LogP contribution in [0.4, 0.5) is 0 Å². The van der Waals surface area contributed by atoms with Crippen LogP contribution in [-0.4, -0.2) is 37.2 Å². The molecular formula is C62H108O6.